The number of rotatable bonds is 7. The van der Waals surface area contributed by atoms with Gasteiger partial charge in [0, 0.05) is 20.6 Å². The zero-order valence-electron chi connectivity index (χ0n) is 22.1. The highest BCUT2D eigenvalue weighted by Crippen LogP contribution is 2.38. The molecular formula is C26H32F6N4O2S. The Morgan fingerprint density at radius 2 is 1.79 bits per heavy atom. The number of nitrogens with zero attached hydrogens (tertiary/aromatic N) is 3. The highest BCUT2D eigenvalue weighted by atomic mass is 32.2. The average Bonchev–Trinajstić information content (AvgIpc) is 3.16. The fraction of sp³-hybridized carbons (Fsp3) is 0.577. The second kappa shape index (κ2) is 12.3. The Hall–Kier alpha value is -2.54. The molecule has 2 amide bonds. The summed E-state index contributed by atoms with van der Waals surface area (Å²) in [6.45, 7) is 4.69. The van der Waals surface area contributed by atoms with E-state index in [4.69, 9.17) is 0 Å². The largest absolute Gasteiger partial charge is 0.416 e. The normalized spacial score (nSPS) is 20.6. The molecule has 2 saturated heterocycles. The maximum Gasteiger partial charge on any atom is 0.416 e. The molecule has 1 N–H and O–H groups in total. The van der Waals surface area contributed by atoms with E-state index >= 15 is 0 Å². The predicted octanol–water partition coefficient (Wildman–Crippen LogP) is 6.18. The van der Waals surface area contributed by atoms with Crippen molar-refractivity contribution in [2.24, 2.45) is 16.8 Å². The van der Waals surface area contributed by atoms with Crippen LogP contribution in [-0.2, 0) is 23.7 Å². The molecule has 3 rings (SSSR count). The van der Waals surface area contributed by atoms with Gasteiger partial charge in [-0.25, -0.2) is 0 Å². The van der Waals surface area contributed by atoms with Gasteiger partial charge in [0.25, 0.3) is 5.24 Å². The van der Waals surface area contributed by atoms with Gasteiger partial charge >= 0.3 is 12.4 Å². The first-order valence-corrected chi connectivity index (χ1v) is 13.4. The lowest BCUT2D eigenvalue weighted by Gasteiger charge is -2.31. The summed E-state index contributed by atoms with van der Waals surface area (Å²) in [5.41, 5.74) is -2.82. The molecule has 1 aromatic carbocycles. The fourth-order valence-corrected chi connectivity index (χ4v) is 5.35. The molecule has 2 aliphatic rings. The molecule has 0 radical (unpaired) electrons. The number of nitrogens with one attached hydrogen (secondary N) is 1. The van der Waals surface area contributed by atoms with Gasteiger partial charge in [0.15, 0.2) is 0 Å². The Labute approximate surface area is 227 Å². The lowest BCUT2D eigenvalue weighted by molar-refractivity contribution is -0.143. The number of allylic oxidation sites excluding steroid dienone is 1. The van der Waals surface area contributed by atoms with Crippen LogP contribution >= 0.6 is 11.8 Å². The Kier molecular flexibility index (Phi) is 9.79. The maximum atomic E-state index is 13.5. The molecule has 1 atom stereocenters. The molecule has 2 heterocycles. The summed E-state index contributed by atoms with van der Waals surface area (Å²) in [4.78, 5) is 33.2. The highest BCUT2D eigenvalue weighted by molar-refractivity contribution is 8.18. The number of likely N-dealkylation sites (N-methyl/N-ethyl adjacent to an activating group) is 1. The highest BCUT2D eigenvalue weighted by Gasteiger charge is 2.38. The number of piperidine rings is 1. The first-order chi connectivity index (χ1) is 18.0. The number of carbonyl (C=O) groups excluding carboxylic acids is 2. The molecule has 2 fully saturated rings. The van der Waals surface area contributed by atoms with Crippen molar-refractivity contribution in [2.45, 2.75) is 58.0 Å². The molecule has 39 heavy (non-hydrogen) atoms. The molecular weight excluding hydrogens is 546 g/mol. The van der Waals surface area contributed by atoms with Crippen molar-refractivity contribution in [1.82, 2.24) is 15.1 Å². The zero-order chi connectivity index (χ0) is 29.1. The van der Waals surface area contributed by atoms with E-state index in [0.29, 0.717) is 49.2 Å². The molecule has 0 aliphatic carbocycles. The van der Waals surface area contributed by atoms with Crippen molar-refractivity contribution in [3.05, 3.63) is 45.9 Å². The van der Waals surface area contributed by atoms with Gasteiger partial charge in [-0.05, 0) is 73.6 Å². The monoisotopic (exact) mass is 578 g/mol. The molecule has 6 nitrogen and oxygen atoms in total. The summed E-state index contributed by atoms with van der Waals surface area (Å²) in [6, 6.07) is 1.10. The van der Waals surface area contributed by atoms with Crippen molar-refractivity contribution in [3.63, 3.8) is 0 Å². The van der Waals surface area contributed by atoms with E-state index < -0.39 is 29.5 Å². The van der Waals surface area contributed by atoms with Crippen LogP contribution in [-0.4, -0.2) is 60.0 Å². The summed E-state index contributed by atoms with van der Waals surface area (Å²) >= 11 is 0.985. The van der Waals surface area contributed by atoms with Crippen molar-refractivity contribution in [1.29, 1.82) is 0 Å². The van der Waals surface area contributed by atoms with Crippen LogP contribution in [0.4, 0.5) is 31.1 Å². The summed E-state index contributed by atoms with van der Waals surface area (Å²) < 4.78 is 79.5. The van der Waals surface area contributed by atoms with Gasteiger partial charge < -0.3 is 10.2 Å². The van der Waals surface area contributed by atoms with E-state index in [9.17, 15) is 35.9 Å². The van der Waals surface area contributed by atoms with Gasteiger partial charge in [-0.3, -0.25) is 19.5 Å². The van der Waals surface area contributed by atoms with Gasteiger partial charge in [-0.1, -0.05) is 26.0 Å². The Morgan fingerprint density at radius 3 is 2.33 bits per heavy atom. The maximum absolute atomic E-state index is 13.5. The van der Waals surface area contributed by atoms with Crippen LogP contribution in [0.5, 0.6) is 0 Å². The first-order valence-electron chi connectivity index (χ1n) is 12.5. The molecule has 0 unspecified atom stereocenters. The van der Waals surface area contributed by atoms with Gasteiger partial charge in [-0.2, -0.15) is 26.3 Å². The topological polar surface area (TPSA) is 65.0 Å². The number of benzene rings is 1. The number of hydrogen-bond donors (Lipinski definition) is 1. The van der Waals surface area contributed by atoms with Gasteiger partial charge in [-0.15, -0.1) is 0 Å². The molecule has 216 valence electrons. The second-order valence-corrected chi connectivity index (χ2v) is 11.4. The number of carbonyl (C=O) groups is 2. The number of halogens is 6. The summed E-state index contributed by atoms with van der Waals surface area (Å²) in [5.74, 6) is 0.390. The third kappa shape index (κ3) is 8.47. The van der Waals surface area contributed by atoms with Gasteiger partial charge in [0.2, 0.25) is 5.91 Å². The van der Waals surface area contributed by atoms with Crippen molar-refractivity contribution >= 4 is 28.7 Å². The Balaban J connectivity index is 1.72. The third-order valence-corrected chi connectivity index (χ3v) is 7.35. The minimum atomic E-state index is -4.91. The van der Waals surface area contributed by atoms with Crippen molar-refractivity contribution < 1.29 is 35.9 Å². The van der Waals surface area contributed by atoms with Crippen LogP contribution in [0.25, 0.3) is 0 Å². The average molecular weight is 579 g/mol. The summed E-state index contributed by atoms with van der Waals surface area (Å²) in [5, 5.41) is 2.40. The van der Waals surface area contributed by atoms with Gasteiger partial charge in [0.1, 0.15) is 11.9 Å². The quantitative estimate of drug-likeness (QED) is 0.393. The van der Waals surface area contributed by atoms with Crippen LogP contribution in [0.15, 0.2) is 34.2 Å². The van der Waals surface area contributed by atoms with Crippen molar-refractivity contribution in [3.8, 4) is 0 Å². The van der Waals surface area contributed by atoms with Gasteiger partial charge in [0.05, 0.1) is 16.0 Å². The zero-order valence-corrected chi connectivity index (χ0v) is 22.9. The van der Waals surface area contributed by atoms with Crippen LogP contribution in [0.1, 0.15) is 49.8 Å². The first kappa shape index (κ1) is 31.0. The molecule has 13 heteroatoms. The molecule has 0 saturated carbocycles. The fourth-order valence-electron chi connectivity index (χ4n) is 4.54. The number of hydrogen-bond acceptors (Lipinski definition) is 5. The number of alkyl halides is 6. The molecule has 1 aromatic rings. The molecule has 0 spiro atoms. The third-order valence-electron chi connectivity index (χ3n) is 6.52. The number of amides is 2. The summed E-state index contributed by atoms with van der Waals surface area (Å²) in [6.07, 6.45) is -6.19. The Bertz CT molecular complexity index is 1120. The smallest absolute Gasteiger partial charge is 0.347 e. The molecule has 0 aromatic heterocycles. The van der Waals surface area contributed by atoms with Crippen molar-refractivity contribution in [2.75, 3.05) is 27.2 Å². The van der Waals surface area contributed by atoms with E-state index in [2.05, 4.69) is 10.3 Å². The molecule has 2 aliphatic heterocycles. The van der Waals surface area contributed by atoms with E-state index in [-0.39, 0.29) is 41.2 Å². The van der Waals surface area contributed by atoms with E-state index in [1.807, 2.05) is 19.9 Å². The minimum Gasteiger partial charge on any atom is -0.347 e. The minimum absolute atomic E-state index is 0.0180. The lowest BCUT2D eigenvalue weighted by atomic mass is 9.95. The Morgan fingerprint density at radius 1 is 1.15 bits per heavy atom. The van der Waals surface area contributed by atoms with Crippen LogP contribution in [0.2, 0.25) is 0 Å². The SMILES string of the molecule is CC(C)C[C@H](N=C1NC(=O)SC1=CC1CCN(Cc2ccc(C(F)(F)F)cc2C(F)(F)F)CC1)C(=O)N(C)C. The van der Waals surface area contributed by atoms with E-state index in [1.54, 1.807) is 19.0 Å². The lowest BCUT2D eigenvalue weighted by Crippen LogP contribution is -2.35. The number of likely N-dealkylation sites (tertiary alicyclic amines) is 1. The van der Waals surface area contributed by atoms with E-state index in [0.717, 1.165) is 17.8 Å². The van der Waals surface area contributed by atoms with E-state index in [1.165, 1.54) is 4.90 Å². The summed E-state index contributed by atoms with van der Waals surface area (Å²) in [7, 11) is 3.29. The number of thioether (sulfide) groups is 1. The molecule has 0 bridgehead atoms. The van der Waals surface area contributed by atoms with Crippen LogP contribution < -0.4 is 5.32 Å². The number of aliphatic imine (C=N–C) groups is 1. The van der Waals surface area contributed by atoms with Crippen LogP contribution in [0, 0.1) is 11.8 Å². The number of amidine groups is 1. The predicted molar refractivity (Wildman–Crippen MR) is 138 cm³/mol. The standard InChI is InChI=1S/C26H32F6N4O2S/c1-15(2)11-20(23(37)35(3)4)33-22-21(39-24(38)34-22)12-16-7-9-36(10-8-16)14-17-5-6-18(25(27,28)29)13-19(17)26(30,31)32/h5-6,12-13,15-16,20H,7-11,14H2,1-4H3,(H,33,34,38)/t20-/m0/s1. The second-order valence-electron chi connectivity index (χ2n) is 10.4. The van der Waals surface area contributed by atoms with Crippen LogP contribution in [0.3, 0.4) is 0 Å².